The number of nitrogens with zero attached hydrogens (tertiary/aromatic N) is 1. The molecule has 4 nitrogen and oxygen atoms in total. The fourth-order valence-electron chi connectivity index (χ4n) is 1.91. The molecule has 0 aliphatic heterocycles. The van der Waals surface area contributed by atoms with E-state index in [0.717, 1.165) is 16.8 Å². The highest BCUT2D eigenvalue weighted by Gasteiger charge is 2.14. The first-order valence-electron chi connectivity index (χ1n) is 6.92. The van der Waals surface area contributed by atoms with Crippen molar-refractivity contribution in [2.45, 2.75) is 13.0 Å². The minimum Gasteiger partial charge on any atom is -0.394 e. The van der Waals surface area contributed by atoms with Gasteiger partial charge in [0.05, 0.1) is 12.6 Å². The van der Waals surface area contributed by atoms with E-state index in [9.17, 15) is 4.79 Å². The Labute approximate surface area is 125 Å². The molecular formula is C17H20N2O2. The van der Waals surface area contributed by atoms with Crippen molar-refractivity contribution in [1.29, 1.82) is 0 Å². The Morgan fingerprint density at radius 1 is 1.10 bits per heavy atom. The number of hydrogen-bond acceptors (Lipinski definition) is 2. The average Bonchev–Trinajstić information content (AvgIpc) is 2.54. The van der Waals surface area contributed by atoms with Gasteiger partial charge in [-0.3, -0.25) is 0 Å². The highest BCUT2D eigenvalue weighted by Crippen LogP contribution is 2.21. The maximum atomic E-state index is 12.0. The lowest BCUT2D eigenvalue weighted by Crippen LogP contribution is -2.40. The normalized spacial score (nSPS) is 11.8. The first-order chi connectivity index (χ1) is 10.1. The Bertz CT molecular complexity index is 581. The maximum absolute atomic E-state index is 12.0. The molecule has 2 aromatic rings. The summed E-state index contributed by atoms with van der Waals surface area (Å²) in [7, 11) is 1.66. The van der Waals surface area contributed by atoms with E-state index in [0.29, 0.717) is 0 Å². The number of carbonyl (C=O) groups excluding carboxylic acids is 1. The monoisotopic (exact) mass is 284 g/mol. The summed E-state index contributed by atoms with van der Waals surface area (Å²) in [5.74, 6) is 0. The van der Waals surface area contributed by atoms with Crippen LogP contribution in [0.25, 0.3) is 11.1 Å². The molecule has 0 aliphatic rings. The Kier molecular flexibility index (Phi) is 4.95. The molecule has 1 atom stereocenters. The van der Waals surface area contributed by atoms with Crippen LogP contribution in [-0.4, -0.2) is 35.7 Å². The van der Waals surface area contributed by atoms with Gasteiger partial charge < -0.3 is 15.3 Å². The fraction of sp³-hybridized carbons (Fsp3) is 0.235. The smallest absolute Gasteiger partial charge is 0.321 e. The highest BCUT2D eigenvalue weighted by molar-refractivity contribution is 5.89. The van der Waals surface area contributed by atoms with Gasteiger partial charge in [0.1, 0.15) is 0 Å². The summed E-state index contributed by atoms with van der Waals surface area (Å²) < 4.78 is 0. The number of aliphatic hydroxyl groups excluding tert-OH is 1. The van der Waals surface area contributed by atoms with Crippen LogP contribution in [0.3, 0.4) is 0 Å². The van der Waals surface area contributed by atoms with E-state index >= 15 is 0 Å². The highest BCUT2D eigenvalue weighted by atomic mass is 16.3. The van der Waals surface area contributed by atoms with Gasteiger partial charge in [0, 0.05) is 12.7 Å². The van der Waals surface area contributed by atoms with E-state index in [2.05, 4.69) is 5.32 Å². The zero-order valence-corrected chi connectivity index (χ0v) is 12.3. The molecule has 0 radical (unpaired) electrons. The molecule has 0 aliphatic carbocycles. The number of benzene rings is 2. The minimum absolute atomic E-state index is 0.0587. The van der Waals surface area contributed by atoms with E-state index in [1.165, 1.54) is 4.90 Å². The Balaban J connectivity index is 2.05. The van der Waals surface area contributed by atoms with Crippen molar-refractivity contribution >= 4 is 11.7 Å². The van der Waals surface area contributed by atoms with Crippen LogP contribution in [0.2, 0.25) is 0 Å². The third kappa shape index (κ3) is 3.83. The summed E-state index contributed by atoms with van der Waals surface area (Å²) in [4.78, 5) is 13.4. The molecule has 2 aromatic carbocycles. The van der Waals surface area contributed by atoms with Crippen LogP contribution in [0.4, 0.5) is 10.5 Å². The third-order valence-corrected chi connectivity index (χ3v) is 3.49. The molecule has 0 spiro atoms. The number of amides is 2. The molecule has 21 heavy (non-hydrogen) atoms. The number of urea groups is 1. The van der Waals surface area contributed by atoms with Crippen molar-refractivity contribution in [2.75, 3.05) is 19.0 Å². The second-order valence-corrected chi connectivity index (χ2v) is 5.02. The number of aliphatic hydroxyl groups is 1. The zero-order chi connectivity index (χ0) is 15.2. The summed E-state index contributed by atoms with van der Waals surface area (Å²) in [5, 5.41) is 11.9. The van der Waals surface area contributed by atoms with Crippen molar-refractivity contribution in [3.8, 4) is 11.1 Å². The molecule has 0 heterocycles. The van der Waals surface area contributed by atoms with Gasteiger partial charge >= 0.3 is 6.03 Å². The molecule has 0 saturated carbocycles. The van der Waals surface area contributed by atoms with Gasteiger partial charge in [0.15, 0.2) is 0 Å². The number of rotatable bonds is 4. The molecular weight excluding hydrogens is 264 g/mol. The summed E-state index contributed by atoms with van der Waals surface area (Å²) >= 11 is 0. The summed E-state index contributed by atoms with van der Waals surface area (Å²) in [6.07, 6.45) is 0. The van der Waals surface area contributed by atoms with Crippen LogP contribution in [0.1, 0.15) is 6.92 Å². The van der Waals surface area contributed by atoms with Crippen molar-refractivity contribution in [2.24, 2.45) is 0 Å². The average molecular weight is 284 g/mol. The molecule has 0 fully saturated rings. The quantitative estimate of drug-likeness (QED) is 0.906. The van der Waals surface area contributed by atoms with Crippen LogP contribution in [0.15, 0.2) is 54.6 Å². The summed E-state index contributed by atoms with van der Waals surface area (Å²) in [6.45, 7) is 1.73. The van der Waals surface area contributed by atoms with Crippen LogP contribution < -0.4 is 5.32 Å². The Morgan fingerprint density at radius 3 is 2.24 bits per heavy atom. The molecule has 0 aromatic heterocycles. The van der Waals surface area contributed by atoms with Crippen LogP contribution in [-0.2, 0) is 0 Å². The Hall–Kier alpha value is -2.33. The zero-order valence-electron chi connectivity index (χ0n) is 12.3. The van der Waals surface area contributed by atoms with Crippen molar-refractivity contribution < 1.29 is 9.90 Å². The van der Waals surface area contributed by atoms with Crippen molar-refractivity contribution in [3.63, 3.8) is 0 Å². The molecule has 2 amide bonds. The van der Waals surface area contributed by atoms with E-state index in [-0.39, 0.29) is 18.7 Å². The predicted molar refractivity (Wildman–Crippen MR) is 85.2 cm³/mol. The van der Waals surface area contributed by atoms with Gasteiger partial charge in [0.2, 0.25) is 0 Å². The van der Waals surface area contributed by atoms with Gasteiger partial charge in [-0.15, -0.1) is 0 Å². The molecule has 0 bridgehead atoms. The van der Waals surface area contributed by atoms with Gasteiger partial charge in [0.25, 0.3) is 0 Å². The summed E-state index contributed by atoms with van der Waals surface area (Å²) in [5.41, 5.74) is 2.98. The molecule has 1 unspecified atom stereocenters. The minimum atomic E-state index is -0.232. The number of nitrogens with one attached hydrogen (secondary N) is 1. The Morgan fingerprint density at radius 2 is 1.67 bits per heavy atom. The summed E-state index contributed by atoms with van der Waals surface area (Å²) in [6, 6.07) is 17.3. The van der Waals surface area contributed by atoms with E-state index in [1.807, 2.05) is 54.6 Å². The third-order valence-electron chi connectivity index (χ3n) is 3.49. The number of hydrogen-bond donors (Lipinski definition) is 2. The lowest BCUT2D eigenvalue weighted by molar-refractivity contribution is 0.166. The number of anilines is 1. The number of carbonyl (C=O) groups is 1. The number of likely N-dealkylation sites (N-methyl/N-ethyl adjacent to an activating group) is 1. The van der Waals surface area contributed by atoms with Gasteiger partial charge in [-0.25, -0.2) is 4.79 Å². The van der Waals surface area contributed by atoms with Crippen molar-refractivity contribution in [1.82, 2.24) is 4.90 Å². The fourth-order valence-corrected chi connectivity index (χ4v) is 1.91. The molecule has 0 saturated heterocycles. The second-order valence-electron chi connectivity index (χ2n) is 5.02. The van der Waals surface area contributed by atoms with Gasteiger partial charge in [-0.1, -0.05) is 42.5 Å². The largest absolute Gasteiger partial charge is 0.394 e. The van der Waals surface area contributed by atoms with Crippen LogP contribution >= 0.6 is 0 Å². The first kappa shape index (κ1) is 15.1. The molecule has 110 valence electrons. The maximum Gasteiger partial charge on any atom is 0.321 e. The van der Waals surface area contributed by atoms with Crippen LogP contribution in [0.5, 0.6) is 0 Å². The lowest BCUT2D eigenvalue weighted by atomic mass is 10.1. The van der Waals surface area contributed by atoms with Crippen LogP contribution in [0, 0.1) is 0 Å². The standard InChI is InChI=1S/C17H20N2O2/c1-13(12-20)19(2)17(21)18-16-10-8-15(9-11-16)14-6-4-3-5-7-14/h3-11,13,20H,12H2,1-2H3,(H,18,21). The molecule has 2 N–H and O–H groups in total. The van der Waals surface area contributed by atoms with E-state index < -0.39 is 0 Å². The van der Waals surface area contributed by atoms with Gasteiger partial charge in [-0.2, -0.15) is 0 Å². The van der Waals surface area contributed by atoms with E-state index in [1.54, 1.807) is 14.0 Å². The second kappa shape index (κ2) is 6.90. The SMILES string of the molecule is CC(CO)N(C)C(=O)Nc1ccc(-c2ccccc2)cc1. The molecule has 4 heteroatoms. The predicted octanol–water partition coefficient (Wildman–Crippen LogP) is 3.20. The van der Waals surface area contributed by atoms with Crippen molar-refractivity contribution in [3.05, 3.63) is 54.6 Å². The van der Waals surface area contributed by atoms with E-state index in [4.69, 9.17) is 5.11 Å². The molecule has 2 rings (SSSR count). The lowest BCUT2D eigenvalue weighted by Gasteiger charge is -2.23. The first-order valence-corrected chi connectivity index (χ1v) is 6.92. The van der Waals surface area contributed by atoms with Gasteiger partial charge in [-0.05, 0) is 30.2 Å². The topological polar surface area (TPSA) is 52.6 Å².